The Hall–Kier alpha value is -5.18. The summed E-state index contributed by atoms with van der Waals surface area (Å²) in [5.41, 5.74) is -0.458. The largest absolute Gasteiger partial charge is 0.493 e. The van der Waals surface area contributed by atoms with E-state index in [2.05, 4.69) is 5.32 Å². The van der Waals surface area contributed by atoms with Gasteiger partial charge in [0.1, 0.15) is 11.5 Å². The summed E-state index contributed by atoms with van der Waals surface area (Å²) >= 11 is 0. The van der Waals surface area contributed by atoms with Gasteiger partial charge in [0.2, 0.25) is 5.78 Å². The first-order valence-corrected chi connectivity index (χ1v) is 13.0. The zero-order chi connectivity index (χ0) is 31.5. The smallest absolute Gasteiger partial charge is 0.450 e. The maximum absolute atomic E-state index is 13.6. The molecule has 0 radical (unpaired) electrons. The fourth-order valence-corrected chi connectivity index (χ4v) is 4.23. The lowest BCUT2D eigenvalue weighted by molar-refractivity contribution is -0.142. The molecule has 3 aromatic rings. The van der Waals surface area contributed by atoms with E-state index in [0.717, 1.165) is 6.07 Å². The highest BCUT2D eigenvalue weighted by atomic mass is 19.4. The molecule has 0 aromatic heterocycles. The fourth-order valence-electron chi connectivity index (χ4n) is 4.23. The fraction of sp³-hybridized carbons (Fsp3) is 0.258. The van der Waals surface area contributed by atoms with Crippen molar-refractivity contribution in [1.82, 2.24) is 5.32 Å². The number of benzene rings is 3. The number of nitrogens with zero attached hydrogens (tertiary/aromatic N) is 1. The molecule has 0 spiro atoms. The molecule has 1 aliphatic rings. The molecule has 0 saturated carbocycles. The van der Waals surface area contributed by atoms with Crippen LogP contribution in [0.1, 0.15) is 60.3 Å². The molecule has 0 atom stereocenters. The Balaban J connectivity index is 1.65. The average Bonchev–Trinajstić information content (AvgIpc) is 3.25. The van der Waals surface area contributed by atoms with Crippen LogP contribution in [0.15, 0.2) is 54.3 Å². The van der Waals surface area contributed by atoms with Crippen LogP contribution in [0.25, 0.3) is 6.08 Å². The highest BCUT2D eigenvalue weighted by molar-refractivity contribution is 6.15. The van der Waals surface area contributed by atoms with Gasteiger partial charge in [-0.05, 0) is 65.9 Å². The number of Topliss-reactive ketones (excluding diaryl/α,β-unsaturated/α-hetero) is 1. The van der Waals surface area contributed by atoms with E-state index in [9.17, 15) is 22.8 Å². The van der Waals surface area contributed by atoms with E-state index in [1.165, 1.54) is 43.5 Å². The van der Waals surface area contributed by atoms with Crippen LogP contribution in [0.3, 0.4) is 0 Å². The summed E-state index contributed by atoms with van der Waals surface area (Å²) in [5.74, 6) is -0.523. The standard InChI is InChI=1S/C31H27F3N2O7/c1-6-36-29(38)43-42-19-14-21(30(2,3)4)27-25(15-19)41-26(28(27)37)13-17-7-10-23(24(12-17)39-5)40-22-9-8-18(16-35)11-20(22)31(32,33)34/h7-15H,6H2,1-5H3,(H,36,38). The van der Waals surface area contributed by atoms with E-state index in [-0.39, 0.29) is 34.3 Å². The second-order valence-electron chi connectivity index (χ2n) is 10.4. The summed E-state index contributed by atoms with van der Waals surface area (Å²) in [7, 11) is 1.32. The lowest BCUT2D eigenvalue weighted by Gasteiger charge is -2.21. The first-order valence-electron chi connectivity index (χ1n) is 13.0. The normalized spacial score (nSPS) is 13.6. The van der Waals surface area contributed by atoms with E-state index < -0.39 is 34.8 Å². The monoisotopic (exact) mass is 596 g/mol. The second-order valence-corrected chi connectivity index (χ2v) is 10.4. The molecule has 12 heteroatoms. The number of fused-ring (bicyclic) bond motifs is 1. The third-order valence-corrected chi connectivity index (χ3v) is 6.21. The second kappa shape index (κ2) is 12.0. The van der Waals surface area contributed by atoms with Gasteiger partial charge in [-0.15, -0.1) is 0 Å². The maximum atomic E-state index is 13.6. The molecule has 0 fully saturated rings. The van der Waals surface area contributed by atoms with E-state index in [0.29, 0.717) is 29.3 Å². The van der Waals surface area contributed by atoms with E-state index in [1.54, 1.807) is 19.1 Å². The van der Waals surface area contributed by atoms with Gasteiger partial charge < -0.3 is 19.5 Å². The van der Waals surface area contributed by atoms with Crippen molar-refractivity contribution in [3.63, 3.8) is 0 Å². The van der Waals surface area contributed by atoms with Crippen LogP contribution in [0.4, 0.5) is 18.0 Å². The molecule has 1 N–H and O–H groups in total. The number of allylic oxidation sites excluding steroid dienone is 1. The van der Waals surface area contributed by atoms with Gasteiger partial charge in [0.25, 0.3) is 0 Å². The molecule has 9 nitrogen and oxygen atoms in total. The molecule has 0 unspecified atom stereocenters. The van der Waals surface area contributed by atoms with Crippen molar-refractivity contribution in [2.75, 3.05) is 13.7 Å². The van der Waals surface area contributed by atoms with Crippen molar-refractivity contribution in [3.8, 4) is 34.8 Å². The van der Waals surface area contributed by atoms with Gasteiger partial charge in [-0.25, -0.2) is 9.68 Å². The number of ether oxygens (including phenoxy) is 3. The Bertz CT molecular complexity index is 1650. The van der Waals surface area contributed by atoms with Crippen molar-refractivity contribution < 1.29 is 46.7 Å². The number of methoxy groups -OCH3 is 1. The van der Waals surface area contributed by atoms with Crippen molar-refractivity contribution in [1.29, 1.82) is 5.26 Å². The molecular weight excluding hydrogens is 569 g/mol. The summed E-state index contributed by atoms with van der Waals surface area (Å²) in [6.07, 6.45) is -4.09. The minimum atomic E-state index is -4.76. The molecule has 0 bridgehead atoms. The SMILES string of the molecule is CCNC(=O)OOc1cc2c(c(C(C)(C)C)c1)C(=O)C(=Cc1ccc(Oc3ccc(C#N)cc3C(F)(F)F)c(OC)c1)O2. The van der Waals surface area contributed by atoms with Gasteiger partial charge in [-0.3, -0.25) is 9.68 Å². The molecule has 1 heterocycles. The van der Waals surface area contributed by atoms with Gasteiger partial charge in [-0.2, -0.15) is 18.4 Å². The quantitative estimate of drug-likeness (QED) is 0.171. The zero-order valence-corrected chi connectivity index (χ0v) is 23.8. The molecule has 1 amide bonds. The predicted octanol–water partition coefficient (Wildman–Crippen LogP) is 7.33. The van der Waals surface area contributed by atoms with Crippen LogP contribution in [0.5, 0.6) is 28.7 Å². The molecule has 3 aromatic carbocycles. The molecule has 224 valence electrons. The third kappa shape index (κ3) is 6.83. The van der Waals surface area contributed by atoms with Crippen LogP contribution >= 0.6 is 0 Å². The Kier molecular flexibility index (Phi) is 8.57. The first kappa shape index (κ1) is 30.8. The van der Waals surface area contributed by atoms with Gasteiger partial charge in [-0.1, -0.05) is 26.8 Å². The Morgan fingerprint density at radius 1 is 1.02 bits per heavy atom. The van der Waals surface area contributed by atoms with Crippen molar-refractivity contribution in [2.45, 2.75) is 39.3 Å². The summed E-state index contributed by atoms with van der Waals surface area (Å²) in [5, 5.41) is 11.4. The number of hydrogen-bond donors (Lipinski definition) is 1. The van der Waals surface area contributed by atoms with Gasteiger partial charge in [0.15, 0.2) is 23.0 Å². The Labute approximate surface area is 245 Å². The molecule has 1 aliphatic heterocycles. The number of nitrogens with one attached hydrogen (secondary N) is 1. The molecule has 0 saturated heterocycles. The molecule has 0 aliphatic carbocycles. The first-order chi connectivity index (χ1) is 20.2. The lowest BCUT2D eigenvalue weighted by Crippen LogP contribution is -2.25. The number of amides is 1. The number of nitriles is 1. The zero-order valence-electron chi connectivity index (χ0n) is 23.8. The number of halogens is 3. The number of ketones is 1. The summed E-state index contributed by atoms with van der Waals surface area (Å²) in [6.45, 7) is 7.75. The highest BCUT2D eigenvalue weighted by Gasteiger charge is 2.36. The van der Waals surface area contributed by atoms with Gasteiger partial charge in [0, 0.05) is 12.6 Å². The van der Waals surface area contributed by atoms with Gasteiger partial charge in [0.05, 0.1) is 29.9 Å². The Morgan fingerprint density at radius 2 is 1.74 bits per heavy atom. The average molecular weight is 597 g/mol. The number of rotatable bonds is 7. The molecule has 4 rings (SSSR count). The summed E-state index contributed by atoms with van der Waals surface area (Å²) < 4.78 is 57.6. The number of hydrogen-bond acceptors (Lipinski definition) is 8. The van der Waals surface area contributed by atoms with Crippen LogP contribution in [-0.4, -0.2) is 25.5 Å². The van der Waals surface area contributed by atoms with Gasteiger partial charge >= 0.3 is 12.3 Å². The number of carbonyl (C=O) groups excluding carboxylic acids is 2. The minimum Gasteiger partial charge on any atom is -0.493 e. The predicted molar refractivity (Wildman–Crippen MR) is 148 cm³/mol. The third-order valence-electron chi connectivity index (χ3n) is 6.21. The minimum absolute atomic E-state index is 0.0225. The van der Waals surface area contributed by atoms with Crippen molar-refractivity contribution >= 4 is 18.0 Å². The van der Waals surface area contributed by atoms with Crippen LogP contribution in [0, 0.1) is 11.3 Å². The van der Waals surface area contributed by atoms with E-state index >= 15 is 0 Å². The molecular formula is C31H27F3N2O7. The Morgan fingerprint density at radius 3 is 2.37 bits per heavy atom. The summed E-state index contributed by atoms with van der Waals surface area (Å²) in [6, 6.07) is 12.1. The number of carbonyl (C=O) groups is 2. The van der Waals surface area contributed by atoms with E-state index in [1.807, 2.05) is 20.8 Å². The van der Waals surface area contributed by atoms with Crippen LogP contribution < -0.4 is 24.4 Å². The topological polar surface area (TPSA) is 116 Å². The maximum Gasteiger partial charge on any atom is 0.450 e. The van der Waals surface area contributed by atoms with Crippen LogP contribution in [0.2, 0.25) is 0 Å². The highest BCUT2D eigenvalue weighted by Crippen LogP contribution is 2.44. The van der Waals surface area contributed by atoms with Crippen molar-refractivity contribution in [3.05, 3.63) is 82.1 Å². The van der Waals surface area contributed by atoms with E-state index in [4.69, 9.17) is 29.2 Å². The number of alkyl halides is 3. The van der Waals surface area contributed by atoms with Crippen molar-refractivity contribution in [2.24, 2.45) is 0 Å². The van der Waals surface area contributed by atoms with Crippen LogP contribution in [-0.2, 0) is 16.5 Å². The summed E-state index contributed by atoms with van der Waals surface area (Å²) in [4.78, 5) is 35.1. The lowest BCUT2D eigenvalue weighted by atomic mass is 9.82. The molecule has 43 heavy (non-hydrogen) atoms.